The van der Waals surface area contributed by atoms with Crippen LogP contribution in [0.1, 0.15) is 44.6 Å². The lowest BCUT2D eigenvalue weighted by atomic mass is 9.84. The summed E-state index contributed by atoms with van der Waals surface area (Å²) in [5, 5.41) is 0. The van der Waals surface area contributed by atoms with E-state index in [1.54, 1.807) is 12.1 Å². The highest BCUT2D eigenvalue weighted by atomic mass is 79.9. The van der Waals surface area contributed by atoms with Crippen LogP contribution in [0.2, 0.25) is 0 Å². The summed E-state index contributed by atoms with van der Waals surface area (Å²) in [5.74, 6) is 1.92. The highest BCUT2D eigenvalue weighted by Gasteiger charge is 2.28. The van der Waals surface area contributed by atoms with Crippen LogP contribution in [0.5, 0.6) is 0 Å². The molecule has 0 heterocycles. The fourth-order valence-electron chi connectivity index (χ4n) is 2.27. The molecule has 1 fully saturated rings. The van der Waals surface area contributed by atoms with E-state index in [0.717, 1.165) is 10.4 Å². The van der Waals surface area contributed by atoms with Gasteiger partial charge >= 0.3 is 0 Å². The molecule has 0 nitrogen and oxygen atoms in total. The number of hydrogen-bond donors (Lipinski definition) is 0. The van der Waals surface area contributed by atoms with Crippen LogP contribution in [-0.4, -0.2) is 0 Å². The van der Waals surface area contributed by atoms with E-state index in [1.165, 1.54) is 24.8 Å². The van der Waals surface area contributed by atoms with Crippen molar-refractivity contribution in [3.63, 3.8) is 0 Å². The summed E-state index contributed by atoms with van der Waals surface area (Å²) >= 11 is 3.49. The van der Waals surface area contributed by atoms with E-state index in [-0.39, 0.29) is 5.82 Å². The first-order chi connectivity index (χ1) is 7.58. The van der Waals surface area contributed by atoms with Gasteiger partial charge in [0.05, 0.1) is 0 Å². The van der Waals surface area contributed by atoms with Gasteiger partial charge in [-0.3, -0.25) is 0 Å². The Bertz CT molecular complexity index is 369. The zero-order valence-electron chi connectivity index (χ0n) is 9.84. The highest BCUT2D eigenvalue weighted by molar-refractivity contribution is 9.10. The Morgan fingerprint density at radius 3 is 2.56 bits per heavy atom. The van der Waals surface area contributed by atoms with Crippen molar-refractivity contribution in [2.24, 2.45) is 11.8 Å². The van der Waals surface area contributed by atoms with E-state index in [2.05, 4.69) is 29.8 Å². The van der Waals surface area contributed by atoms with E-state index in [0.29, 0.717) is 11.8 Å². The minimum atomic E-state index is -0.162. The first-order valence-corrected chi connectivity index (χ1v) is 6.82. The molecule has 0 spiro atoms. The first-order valence-electron chi connectivity index (χ1n) is 6.03. The Labute approximate surface area is 105 Å². The Balaban J connectivity index is 2.22. The summed E-state index contributed by atoms with van der Waals surface area (Å²) in [7, 11) is 0. The summed E-state index contributed by atoms with van der Waals surface area (Å²) < 4.78 is 14.0. The van der Waals surface area contributed by atoms with Crippen molar-refractivity contribution < 1.29 is 4.39 Å². The standard InChI is InChI=1S/C14H18BrF/c1-9(2)13(7-10-3-4-10)12-6-5-11(16)8-14(12)15/h5-6,8-10,13H,3-4,7H2,1-2H3. The average molecular weight is 285 g/mol. The summed E-state index contributed by atoms with van der Waals surface area (Å²) in [6.45, 7) is 4.51. The molecule has 1 aliphatic carbocycles. The maximum Gasteiger partial charge on any atom is 0.124 e. The molecular formula is C14H18BrF. The second kappa shape index (κ2) is 4.87. The molecule has 2 rings (SSSR count). The zero-order chi connectivity index (χ0) is 11.7. The van der Waals surface area contributed by atoms with E-state index < -0.39 is 0 Å². The number of hydrogen-bond acceptors (Lipinski definition) is 0. The van der Waals surface area contributed by atoms with Crippen LogP contribution in [0.25, 0.3) is 0 Å². The molecule has 0 radical (unpaired) electrons. The molecule has 0 N–H and O–H groups in total. The van der Waals surface area contributed by atoms with Crippen LogP contribution in [0.15, 0.2) is 22.7 Å². The summed E-state index contributed by atoms with van der Waals surface area (Å²) in [4.78, 5) is 0. The maximum atomic E-state index is 13.1. The molecule has 1 aromatic carbocycles. The lowest BCUT2D eigenvalue weighted by molar-refractivity contribution is 0.443. The van der Waals surface area contributed by atoms with Crippen molar-refractivity contribution in [3.8, 4) is 0 Å². The highest BCUT2D eigenvalue weighted by Crippen LogP contribution is 2.43. The van der Waals surface area contributed by atoms with Crippen LogP contribution in [0.4, 0.5) is 4.39 Å². The lowest BCUT2D eigenvalue weighted by Gasteiger charge is -2.22. The van der Waals surface area contributed by atoms with Crippen molar-refractivity contribution in [1.82, 2.24) is 0 Å². The van der Waals surface area contributed by atoms with Gasteiger partial charge in [0.1, 0.15) is 5.82 Å². The van der Waals surface area contributed by atoms with Crippen LogP contribution in [0, 0.1) is 17.7 Å². The molecule has 1 aromatic rings. The third-order valence-corrected chi connectivity index (χ3v) is 4.14. The molecule has 1 saturated carbocycles. The molecule has 0 amide bonds. The normalized spacial score (nSPS) is 17.8. The zero-order valence-corrected chi connectivity index (χ0v) is 11.4. The van der Waals surface area contributed by atoms with Gasteiger partial charge < -0.3 is 0 Å². The predicted molar refractivity (Wildman–Crippen MR) is 69.0 cm³/mol. The fraction of sp³-hybridized carbons (Fsp3) is 0.571. The lowest BCUT2D eigenvalue weighted by Crippen LogP contribution is -2.08. The predicted octanol–water partition coefficient (Wildman–Crippen LogP) is 5.13. The summed E-state index contributed by atoms with van der Waals surface area (Å²) in [5.41, 5.74) is 1.27. The number of benzene rings is 1. The Morgan fingerprint density at radius 1 is 1.38 bits per heavy atom. The van der Waals surface area contributed by atoms with Crippen molar-refractivity contribution >= 4 is 15.9 Å². The topological polar surface area (TPSA) is 0 Å². The molecule has 1 atom stereocenters. The number of rotatable bonds is 4. The minimum absolute atomic E-state index is 0.162. The van der Waals surface area contributed by atoms with Gasteiger partial charge in [-0.15, -0.1) is 0 Å². The van der Waals surface area contributed by atoms with Gasteiger partial charge in [0.15, 0.2) is 0 Å². The molecule has 0 aromatic heterocycles. The van der Waals surface area contributed by atoms with Gasteiger partial charge in [-0.1, -0.05) is 48.7 Å². The second-order valence-electron chi connectivity index (χ2n) is 5.20. The van der Waals surface area contributed by atoms with Gasteiger partial charge in [0.2, 0.25) is 0 Å². The second-order valence-corrected chi connectivity index (χ2v) is 6.05. The van der Waals surface area contributed by atoms with Crippen LogP contribution < -0.4 is 0 Å². The number of halogens is 2. The van der Waals surface area contributed by atoms with E-state index in [4.69, 9.17) is 0 Å². The van der Waals surface area contributed by atoms with Crippen molar-refractivity contribution in [2.75, 3.05) is 0 Å². The van der Waals surface area contributed by atoms with Gasteiger partial charge in [0, 0.05) is 4.47 Å². The van der Waals surface area contributed by atoms with E-state index >= 15 is 0 Å². The van der Waals surface area contributed by atoms with Crippen LogP contribution in [0.3, 0.4) is 0 Å². The average Bonchev–Trinajstić information content (AvgIpc) is 2.98. The molecule has 0 bridgehead atoms. The molecular weight excluding hydrogens is 267 g/mol. The van der Waals surface area contributed by atoms with Crippen molar-refractivity contribution in [1.29, 1.82) is 0 Å². The minimum Gasteiger partial charge on any atom is -0.207 e. The molecule has 16 heavy (non-hydrogen) atoms. The third kappa shape index (κ3) is 2.85. The Kier molecular flexibility index (Phi) is 3.68. The third-order valence-electron chi connectivity index (χ3n) is 3.45. The Morgan fingerprint density at radius 2 is 2.06 bits per heavy atom. The molecule has 2 heteroatoms. The van der Waals surface area contributed by atoms with Gasteiger partial charge in [0.25, 0.3) is 0 Å². The van der Waals surface area contributed by atoms with Crippen molar-refractivity contribution in [2.45, 2.75) is 39.0 Å². The summed E-state index contributed by atoms with van der Waals surface area (Å²) in [6.07, 6.45) is 4.01. The molecule has 0 saturated heterocycles. The molecule has 0 aliphatic heterocycles. The first kappa shape index (κ1) is 12.1. The fourth-order valence-corrected chi connectivity index (χ4v) is 2.92. The summed E-state index contributed by atoms with van der Waals surface area (Å²) in [6, 6.07) is 5.09. The SMILES string of the molecule is CC(C)C(CC1CC1)c1ccc(F)cc1Br. The van der Waals surface area contributed by atoms with Gasteiger partial charge in [-0.2, -0.15) is 0 Å². The van der Waals surface area contributed by atoms with E-state index in [9.17, 15) is 4.39 Å². The van der Waals surface area contributed by atoms with E-state index in [1.807, 2.05) is 6.07 Å². The van der Waals surface area contributed by atoms with Gasteiger partial charge in [-0.05, 0) is 41.9 Å². The molecule has 88 valence electrons. The van der Waals surface area contributed by atoms with Crippen LogP contribution >= 0.6 is 15.9 Å². The van der Waals surface area contributed by atoms with Gasteiger partial charge in [-0.25, -0.2) is 4.39 Å². The van der Waals surface area contributed by atoms with Crippen molar-refractivity contribution in [3.05, 3.63) is 34.1 Å². The largest absolute Gasteiger partial charge is 0.207 e. The smallest absolute Gasteiger partial charge is 0.124 e. The Hall–Kier alpha value is -0.370. The molecule has 1 unspecified atom stereocenters. The maximum absolute atomic E-state index is 13.1. The molecule has 1 aliphatic rings. The quantitative estimate of drug-likeness (QED) is 0.719. The van der Waals surface area contributed by atoms with Crippen LogP contribution in [-0.2, 0) is 0 Å². The monoisotopic (exact) mass is 284 g/mol.